The fourth-order valence-corrected chi connectivity index (χ4v) is 4.51. The third-order valence-electron chi connectivity index (χ3n) is 5.85. The lowest BCUT2D eigenvalue weighted by Crippen LogP contribution is -2.56. The van der Waals surface area contributed by atoms with E-state index in [2.05, 4.69) is 0 Å². The maximum atomic E-state index is 13.1. The highest BCUT2D eigenvalue weighted by Crippen LogP contribution is 2.28. The summed E-state index contributed by atoms with van der Waals surface area (Å²) < 4.78 is 0. The van der Waals surface area contributed by atoms with Crippen LogP contribution in [0.4, 0.5) is 0 Å². The molecule has 9 nitrogen and oxygen atoms in total. The third kappa shape index (κ3) is 3.65. The highest BCUT2D eigenvalue weighted by molar-refractivity contribution is 5.95. The summed E-state index contributed by atoms with van der Waals surface area (Å²) in [4.78, 5) is 54.3. The van der Waals surface area contributed by atoms with E-state index in [-0.39, 0.29) is 17.7 Å². The first-order chi connectivity index (χ1) is 12.8. The van der Waals surface area contributed by atoms with Crippen molar-refractivity contribution in [1.29, 1.82) is 0 Å². The zero-order chi connectivity index (χ0) is 19.7. The van der Waals surface area contributed by atoms with Crippen LogP contribution in [0.25, 0.3) is 0 Å². The van der Waals surface area contributed by atoms with Gasteiger partial charge in [0.25, 0.3) is 0 Å². The van der Waals surface area contributed by atoms with Gasteiger partial charge in [0.15, 0.2) is 0 Å². The number of carboxylic acids is 1. The van der Waals surface area contributed by atoms with Crippen LogP contribution in [0.3, 0.4) is 0 Å². The predicted octanol–water partition coefficient (Wildman–Crippen LogP) is -0.609. The SMILES string of the molecule is CC(N)C(=O)N1CCCC1C(=O)N1CCCC1C(=O)N1CCCC1C(=O)O. The van der Waals surface area contributed by atoms with E-state index < -0.39 is 30.1 Å². The monoisotopic (exact) mass is 380 g/mol. The number of nitrogens with two attached hydrogens (primary N) is 1. The van der Waals surface area contributed by atoms with Crippen LogP contribution in [0, 0.1) is 0 Å². The van der Waals surface area contributed by atoms with Gasteiger partial charge in [0.05, 0.1) is 6.04 Å². The average Bonchev–Trinajstić information content (AvgIpc) is 3.39. The summed E-state index contributed by atoms with van der Waals surface area (Å²) >= 11 is 0. The Labute approximate surface area is 158 Å². The first kappa shape index (κ1) is 19.6. The first-order valence-corrected chi connectivity index (χ1v) is 9.72. The number of amides is 3. The predicted molar refractivity (Wildman–Crippen MR) is 95.5 cm³/mol. The summed E-state index contributed by atoms with van der Waals surface area (Å²) in [6.45, 7) is 2.96. The fourth-order valence-electron chi connectivity index (χ4n) is 4.51. The molecule has 0 radical (unpaired) electrons. The zero-order valence-corrected chi connectivity index (χ0v) is 15.7. The van der Waals surface area contributed by atoms with Crippen molar-refractivity contribution in [3.8, 4) is 0 Å². The molecule has 27 heavy (non-hydrogen) atoms. The minimum Gasteiger partial charge on any atom is -0.480 e. The summed E-state index contributed by atoms with van der Waals surface area (Å²) in [6.07, 6.45) is 3.62. The van der Waals surface area contributed by atoms with Gasteiger partial charge in [-0.3, -0.25) is 14.4 Å². The molecule has 3 heterocycles. The second-order valence-electron chi connectivity index (χ2n) is 7.70. The molecule has 4 unspecified atom stereocenters. The van der Waals surface area contributed by atoms with E-state index in [4.69, 9.17) is 5.73 Å². The molecule has 0 saturated carbocycles. The first-order valence-electron chi connectivity index (χ1n) is 9.72. The Morgan fingerprint density at radius 3 is 1.70 bits per heavy atom. The van der Waals surface area contributed by atoms with Gasteiger partial charge < -0.3 is 25.5 Å². The third-order valence-corrected chi connectivity index (χ3v) is 5.85. The molecule has 3 fully saturated rings. The molecular weight excluding hydrogens is 352 g/mol. The van der Waals surface area contributed by atoms with E-state index in [1.165, 1.54) is 9.80 Å². The summed E-state index contributed by atoms with van der Waals surface area (Å²) in [5, 5.41) is 9.34. The number of hydrogen-bond donors (Lipinski definition) is 2. The summed E-state index contributed by atoms with van der Waals surface area (Å²) in [5.41, 5.74) is 5.70. The van der Waals surface area contributed by atoms with Gasteiger partial charge in [0.1, 0.15) is 18.1 Å². The Balaban J connectivity index is 1.74. The molecule has 150 valence electrons. The number of carbonyl (C=O) groups is 4. The molecule has 3 aliphatic rings. The number of nitrogens with zero attached hydrogens (tertiary/aromatic N) is 3. The minimum absolute atomic E-state index is 0.219. The number of rotatable bonds is 4. The van der Waals surface area contributed by atoms with Gasteiger partial charge in [0.2, 0.25) is 17.7 Å². The van der Waals surface area contributed by atoms with E-state index in [1.807, 2.05) is 0 Å². The van der Waals surface area contributed by atoms with Crippen LogP contribution in [-0.4, -0.2) is 87.3 Å². The molecule has 3 aliphatic heterocycles. The maximum absolute atomic E-state index is 13.1. The van der Waals surface area contributed by atoms with Crippen molar-refractivity contribution in [2.24, 2.45) is 5.73 Å². The van der Waals surface area contributed by atoms with Crippen molar-refractivity contribution >= 4 is 23.7 Å². The van der Waals surface area contributed by atoms with Gasteiger partial charge in [-0.25, -0.2) is 4.79 Å². The van der Waals surface area contributed by atoms with Crippen LogP contribution in [0.1, 0.15) is 45.4 Å². The summed E-state index contributed by atoms with van der Waals surface area (Å²) in [5.74, 6) is -1.75. The Morgan fingerprint density at radius 1 is 0.815 bits per heavy atom. The molecule has 0 aromatic carbocycles. The fraction of sp³-hybridized carbons (Fsp3) is 0.778. The Kier molecular flexibility index (Phi) is 5.69. The molecule has 3 amide bonds. The number of likely N-dealkylation sites (tertiary alicyclic amines) is 3. The molecule has 9 heteroatoms. The molecule has 0 aliphatic carbocycles. The molecule has 3 rings (SSSR count). The van der Waals surface area contributed by atoms with E-state index in [0.717, 1.165) is 6.42 Å². The number of carbonyl (C=O) groups excluding carboxylic acids is 3. The van der Waals surface area contributed by atoms with Gasteiger partial charge in [0, 0.05) is 19.6 Å². The van der Waals surface area contributed by atoms with Gasteiger partial charge >= 0.3 is 5.97 Å². The van der Waals surface area contributed by atoms with Crippen molar-refractivity contribution in [1.82, 2.24) is 14.7 Å². The molecular formula is C18H28N4O5. The molecule has 3 N–H and O–H groups in total. The number of hydrogen-bond acceptors (Lipinski definition) is 5. The maximum Gasteiger partial charge on any atom is 0.326 e. The number of carboxylic acid groups (broad SMARTS) is 1. The lowest BCUT2D eigenvalue weighted by Gasteiger charge is -2.33. The van der Waals surface area contributed by atoms with Crippen LogP contribution in [0.5, 0.6) is 0 Å². The van der Waals surface area contributed by atoms with Crippen LogP contribution >= 0.6 is 0 Å². The van der Waals surface area contributed by atoms with Crippen molar-refractivity contribution < 1.29 is 24.3 Å². The van der Waals surface area contributed by atoms with E-state index >= 15 is 0 Å². The molecule has 4 atom stereocenters. The zero-order valence-electron chi connectivity index (χ0n) is 15.7. The molecule has 3 saturated heterocycles. The second kappa shape index (κ2) is 7.84. The molecule has 0 aromatic heterocycles. The highest BCUT2D eigenvalue weighted by Gasteiger charge is 2.45. The Hall–Kier alpha value is -2.16. The second-order valence-corrected chi connectivity index (χ2v) is 7.70. The largest absolute Gasteiger partial charge is 0.480 e. The van der Waals surface area contributed by atoms with E-state index in [0.29, 0.717) is 51.7 Å². The summed E-state index contributed by atoms with van der Waals surface area (Å²) in [6, 6.07) is -2.69. The Bertz CT molecular complexity index is 637. The smallest absolute Gasteiger partial charge is 0.326 e. The lowest BCUT2D eigenvalue weighted by molar-refractivity contribution is -0.153. The summed E-state index contributed by atoms with van der Waals surface area (Å²) in [7, 11) is 0. The van der Waals surface area contributed by atoms with Gasteiger partial charge in [-0.05, 0) is 45.4 Å². The molecule has 0 spiro atoms. The topological polar surface area (TPSA) is 124 Å². The average molecular weight is 380 g/mol. The van der Waals surface area contributed by atoms with Gasteiger partial charge in [-0.1, -0.05) is 0 Å². The lowest BCUT2D eigenvalue weighted by atomic mass is 10.1. The highest BCUT2D eigenvalue weighted by atomic mass is 16.4. The van der Waals surface area contributed by atoms with Gasteiger partial charge in [-0.2, -0.15) is 0 Å². The van der Waals surface area contributed by atoms with Crippen LogP contribution < -0.4 is 5.73 Å². The van der Waals surface area contributed by atoms with Crippen molar-refractivity contribution in [3.05, 3.63) is 0 Å². The molecule has 0 aromatic rings. The number of aliphatic carboxylic acids is 1. The van der Waals surface area contributed by atoms with Crippen molar-refractivity contribution in [3.63, 3.8) is 0 Å². The standard InChI is InChI=1S/C18H28N4O5/c1-11(19)15(23)20-8-2-5-12(20)16(24)21-9-3-6-13(21)17(25)22-10-4-7-14(22)18(26)27/h11-14H,2-10,19H2,1H3,(H,26,27). The quantitative estimate of drug-likeness (QED) is 0.671. The van der Waals surface area contributed by atoms with Crippen molar-refractivity contribution in [2.75, 3.05) is 19.6 Å². The van der Waals surface area contributed by atoms with Crippen LogP contribution in [0.15, 0.2) is 0 Å². The van der Waals surface area contributed by atoms with Crippen LogP contribution in [0.2, 0.25) is 0 Å². The molecule has 0 bridgehead atoms. The van der Waals surface area contributed by atoms with Crippen LogP contribution in [-0.2, 0) is 19.2 Å². The van der Waals surface area contributed by atoms with E-state index in [1.54, 1.807) is 11.8 Å². The normalized spacial score (nSPS) is 29.3. The van der Waals surface area contributed by atoms with Crippen molar-refractivity contribution in [2.45, 2.75) is 69.6 Å². The van der Waals surface area contributed by atoms with E-state index in [9.17, 15) is 24.3 Å². The minimum atomic E-state index is -0.999. The van der Waals surface area contributed by atoms with Gasteiger partial charge in [-0.15, -0.1) is 0 Å². The Morgan fingerprint density at radius 2 is 1.22 bits per heavy atom.